The molecule has 2 aliphatic rings. The van der Waals surface area contributed by atoms with E-state index >= 15 is 0 Å². The van der Waals surface area contributed by atoms with Crippen molar-refractivity contribution in [1.29, 1.82) is 0 Å². The number of carbonyl (C=O) groups excluding carboxylic acids is 1. The average Bonchev–Trinajstić information content (AvgIpc) is 3.60. The lowest BCUT2D eigenvalue weighted by molar-refractivity contribution is -0.135. The first kappa shape index (κ1) is 27.1. The van der Waals surface area contributed by atoms with Crippen LogP contribution in [0.15, 0.2) is 64.9 Å². The van der Waals surface area contributed by atoms with E-state index in [1.54, 1.807) is 64.8 Å². The molecule has 1 fully saturated rings. The van der Waals surface area contributed by atoms with E-state index in [4.69, 9.17) is 21.1 Å². The molecule has 202 valence electrons. The number of nitrogens with zero attached hydrogens (tertiary/aromatic N) is 2. The minimum absolute atomic E-state index is 0.144. The highest BCUT2D eigenvalue weighted by atomic mass is 35.5. The molecule has 1 aromatic heterocycles. The lowest BCUT2D eigenvalue weighted by Gasteiger charge is -2.37. The molecular weight excluding hydrogens is 544 g/mol. The van der Waals surface area contributed by atoms with Crippen molar-refractivity contribution in [3.63, 3.8) is 0 Å². The van der Waals surface area contributed by atoms with Crippen LogP contribution in [0.3, 0.4) is 0 Å². The third-order valence-electron chi connectivity index (χ3n) is 7.04. The summed E-state index contributed by atoms with van der Waals surface area (Å²) in [5.41, 5.74) is 2.02. The molecule has 2 atom stereocenters. The molecule has 0 saturated carbocycles. The molecule has 1 saturated heterocycles. The molecule has 38 heavy (non-hydrogen) atoms. The van der Waals surface area contributed by atoms with E-state index < -0.39 is 10.0 Å². The maximum absolute atomic E-state index is 13.8. The van der Waals surface area contributed by atoms with Gasteiger partial charge in [-0.05, 0) is 79.6 Å². The quantitative estimate of drug-likeness (QED) is 0.356. The van der Waals surface area contributed by atoms with E-state index in [9.17, 15) is 13.2 Å². The van der Waals surface area contributed by atoms with E-state index in [1.807, 2.05) is 18.4 Å². The molecular formula is C28H31ClN2O5S2. The molecule has 1 amide bonds. The van der Waals surface area contributed by atoms with Crippen molar-refractivity contribution in [2.45, 2.75) is 43.2 Å². The SMILES string of the molecule is Cc1ccc(S(=O)(=O)N(CC(=O)N2CCc3sccc3[C@@H]2COc2ccc(Cl)cc2)C[C@@H]2CCCO2)cc1. The molecule has 0 spiro atoms. The Kier molecular flexibility index (Phi) is 8.40. The van der Waals surface area contributed by atoms with E-state index in [-0.39, 0.29) is 42.6 Å². The second-order valence-corrected chi connectivity index (χ2v) is 13.0. The zero-order valence-electron chi connectivity index (χ0n) is 21.2. The third kappa shape index (κ3) is 6.07. The van der Waals surface area contributed by atoms with Gasteiger partial charge in [0.05, 0.1) is 23.6 Å². The number of aryl methyl sites for hydroxylation is 1. The number of amides is 1. The Labute approximate surface area is 233 Å². The first-order chi connectivity index (χ1) is 18.3. The molecule has 0 bridgehead atoms. The van der Waals surface area contributed by atoms with Crippen LogP contribution in [0.4, 0.5) is 0 Å². The normalized spacial score (nSPS) is 19.5. The van der Waals surface area contributed by atoms with Crippen LogP contribution in [0.25, 0.3) is 0 Å². The van der Waals surface area contributed by atoms with E-state index in [1.165, 1.54) is 9.18 Å². The monoisotopic (exact) mass is 574 g/mol. The number of thiophene rings is 1. The van der Waals surface area contributed by atoms with Gasteiger partial charge in [0.1, 0.15) is 12.4 Å². The van der Waals surface area contributed by atoms with Crippen LogP contribution in [0.1, 0.15) is 34.9 Å². The van der Waals surface area contributed by atoms with E-state index in [0.717, 1.165) is 30.4 Å². The minimum atomic E-state index is -3.90. The summed E-state index contributed by atoms with van der Waals surface area (Å²) in [4.78, 5) is 17.0. The van der Waals surface area contributed by atoms with Gasteiger partial charge in [0.2, 0.25) is 15.9 Å². The summed E-state index contributed by atoms with van der Waals surface area (Å²) in [5.74, 6) is 0.409. The summed E-state index contributed by atoms with van der Waals surface area (Å²) >= 11 is 7.68. The highest BCUT2D eigenvalue weighted by Crippen LogP contribution is 2.34. The Bertz CT molecular complexity index is 1350. The number of hydrogen-bond acceptors (Lipinski definition) is 6. The van der Waals surface area contributed by atoms with E-state index in [2.05, 4.69) is 0 Å². The molecule has 5 rings (SSSR count). The number of carbonyl (C=O) groups is 1. The van der Waals surface area contributed by atoms with Gasteiger partial charge in [0, 0.05) is 29.6 Å². The standard InChI is InChI=1S/C28H31ClN2O5S2/c1-20-4-10-24(11-5-20)38(33,34)30(17-23-3-2-15-35-23)18-28(32)31-14-12-27-25(13-16-37-27)26(31)19-36-22-8-6-21(29)7-9-22/h4-11,13,16,23,26H,2-3,12,14-15,17-19H2,1H3/t23-,26-/m0/s1. The van der Waals surface area contributed by atoms with Gasteiger partial charge < -0.3 is 14.4 Å². The van der Waals surface area contributed by atoms with Crippen molar-refractivity contribution in [3.8, 4) is 5.75 Å². The van der Waals surface area contributed by atoms with Gasteiger partial charge in [-0.3, -0.25) is 4.79 Å². The molecule has 0 unspecified atom stereocenters. The molecule has 3 heterocycles. The Morgan fingerprint density at radius 2 is 1.92 bits per heavy atom. The van der Waals surface area contributed by atoms with Crippen LogP contribution in [-0.4, -0.2) is 62.5 Å². The Morgan fingerprint density at radius 3 is 2.63 bits per heavy atom. The predicted octanol–water partition coefficient (Wildman–Crippen LogP) is 5.08. The number of rotatable bonds is 9. The first-order valence-electron chi connectivity index (χ1n) is 12.7. The number of sulfonamides is 1. The van der Waals surface area contributed by atoms with Gasteiger partial charge >= 0.3 is 0 Å². The number of hydrogen-bond donors (Lipinski definition) is 0. The predicted molar refractivity (Wildman–Crippen MR) is 148 cm³/mol. The highest BCUT2D eigenvalue weighted by Gasteiger charge is 2.36. The van der Waals surface area contributed by atoms with Crippen molar-refractivity contribution >= 4 is 38.9 Å². The fourth-order valence-electron chi connectivity index (χ4n) is 4.94. The fourth-order valence-corrected chi connectivity index (χ4v) is 7.42. The number of benzene rings is 2. The summed E-state index contributed by atoms with van der Waals surface area (Å²) < 4.78 is 40.5. The minimum Gasteiger partial charge on any atom is -0.491 e. The van der Waals surface area contributed by atoms with Gasteiger partial charge in [-0.1, -0.05) is 29.3 Å². The van der Waals surface area contributed by atoms with Crippen molar-refractivity contribution < 1.29 is 22.7 Å². The first-order valence-corrected chi connectivity index (χ1v) is 15.4. The summed E-state index contributed by atoms with van der Waals surface area (Å²) in [7, 11) is -3.90. The summed E-state index contributed by atoms with van der Waals surface area (Å²) in [6, 6.07) is 15.6. The van der Waals surface area contributed by atoms with Crippen LogP contribution < -0.4 is 4.74 Å². The zero-order chi connectivity index (χ0) is 26.7. The molecule has 0 N–H and O–H groups in total. The maximum Gasteiger partial charge on any atom is 0.243 e. The highest BCUT2D eigenvalue weighted by molar-refractivity contribution is 7.89. The van der Waals surface area contributed by atoms with Gasteiger partial charge in [0.25, 0.3) is 0 Å². The number of ether oxygens (including phenoxy) is 2. The Morgan fingerprint density at radius 1 is 1.16 bits per heavy atom. The zero-order valence-corrected chi connectivity index (χ0v) is 23.6. The second-order valence-electron chi connectivity index (χ2n) is 9.66. The topological polar surface area (TPSA) is 76.2 Å². The Hall–Kier alpha value is -2.43. The van der Waals surface area contributed by atoms with Crippen molar-refractivity contribution in [2.75, 3.05) is 32.8 Å². The van der Waals surface area contributed by atoms with Gasteiger partial charge in [0.15, 0.2) is 0 Å². The molecule has 7 nitrogen and oxygen atoms in total. The van der Waals surface area contributed by atoms with Crippen LogP contribution in [0.5, 0.6) is 5.75 Å². The molecule has 10 heteroatoms. The molecule has 2 aliphatic heterocycles. The van der Waals surface area contributed by atoms with Crippen LogP contribution in [-0.2, 0) is 26.0 Å². The summed E-state index contributed by atoms with van der Waals surface area (Å²) in [6.45, 7) is 3.16. The van der Waals surface area contributed by atoms with Gasteiger partial charge in [-0.25, -0.2) is 8.42 Å². The summed E-state index contributed by atoms with van der Waals surface area (Å²) in [6.07, 6.45) is 2.16. The van der Waals surface area contributed by atoms with Crippen LogP contribution in [0.2, 0.25) is 5.02 Å². The fraction of sp³-hybridized carbons (Fsp3) is 0.393. The van der Waals surface area contributed by atoms with Crippen molar-refractivity contribution in [2.24, 2.45) is 0 Å². The number of halogens is 1. The maximum atomic E-state index is 13.8. The lowest BCUT2D eigenvalue weighted by Crippen LogP contribution is -2.49. The van der Waals surface area contributed by atoms with Crippen LogP contribution >= 0.6 is 22.9 Å². The smallest absolute Gasteiger partial charge is 0.243 e. The lowest BCUT2D eigenvalue weighted by atomic mass is 10.0. The average molecular weight is 575 g/mol. The van der Waals surface area contributed by atoms with E-state index in [0.29, 0.717) is 23.9 Å². The third-order valence-corrected chi connectivity index (χ3v) is 10.1. The molecule has 2 aromatic carbocycles. The molecule has 0 radical (unpaired) electrons. The molecule has 0 aliphatic carbocycles. The second kappa shape index (κ2) is 11.8. The summed E-state index contributed by atoms with van der Waals surface area (Å²) in [5, 5.41) is 2.65. The largest absolute Gasteiger partial charge is 0.491 e. The number of fused-ring (bicyclic) bond motifs is 1. The van der Waals surface area contributed by atoms with Crippen molar-refractivity contribution in [3.05, 3.63) is 81.0 Å². The van der Waals surface area contributed by atoms with Gasteiger partial charge in [-0.15, -0.1) is 11.3 Å². The molecule has 3 aromatic rings. The van der Waals surface area contributed by atoms with Crippen molar-refractivity contribution in [1.82, 2.24) is 9.21 Å². The Balaban J connectivity index is 1.38. The van der Waals surface area contributed by atoms with Crippen LogP contribution in [0, 0.1) is 6.92 Å². The van der Waals surface area contributed by atoms with Gasteiger partial charge in [-0.2, -0.15) is 4.31 Å².